The molecule has 2 fully saturated rings. The molecule has 0 atom stereocenters. The first-order valence-corrected chi connectivity index (χ1v) is 8.16. The molecule has 0 aromatic heterocycles. The number of benzene rings is 1. The molecule has 0 amide bonds. The third-order valence-electron chi connectivity index (χ3n) is 4.15. The van der Waals surface area contributed by atoms with E-state index in [1.807, 2.05) is 27.0 Å². The Hall–Kier alpha value is -1.46. The van der Waals surface area contributed by atoms with Gasteiger partial charge in [-0.15, -0.1) is 0 Å². The standard InChI is InChI=1S/C15H22N2O3.C2H6/c1-16-12-4-3-5-13(14(12)18-2)17-8-6-15(7-9-17)19-10-11-20-15;1-2/h3-5,16H,6-11H2,1-2H3;1-2H3. The number of anilines is 2. The van der Waals surface area contributed by atoms with Crippen LogP contribution in [-0.4, -0.2) is 46.2 Å². The SMILES string of the molecule is CC.CNc1cccc(N2CCC3(CC2)OCCO3)c1OC. The summed E-state index contributed by atoms with van der Waals surface area (Å²) in [5.41, 5.74) is 2.14. The van der Waals surface area contributed by atoms with Gasteiger partial charge in [-0.1, -0.05) is 19.9 Å². The summed E-state index contributed by atoms with van der Waals surface area (Å²) in [6.45, 7) is 7.28. The van der Waals surface area contributed by atoms with Gasteiger partial charge in [0.1, 0.15) is 0 Å². The molecule has 0 radical (unpaired) electrons. The summed E-state index contributed by atoms with van der Waals surface area (Å²) >= 11 is 0. The van der Waals surface area contributed by atoms with Crippen LogP contribution in [0.1, 0.15) is 26.7 Å². The van der Waals surface area contributed by atoms with E-state index in [0.717, 1.165) is 56.3 Å². The molecule has 0 saturated carbocycles. The molecule has 2 aliphatic rings. The van der Waals surface area contributed by atoms with Gasteiger partial charge in [0.15, 0.2) is 11.5 Å². The minimum absolute atomic E-state index is 0.329. The molecule has 0 bridgehead atoms. The average Bonchev–Trinajstić information content (AvgIpc) is 3.04. The molecule has 22 heavy (non-hydrogen) atoms. The second kappa shape index (κ2) is 7.70. The molecule has 1 N–H and O–H groups in total. The third-order valence-corrected chi connectivity index (χ3v) is 4.15. The van der Waals surface area contributed by atoms with Crippen LogP contribution in [0.4, 0.5) is 11.4 Å². The third kappa shape index (κ3) is 3.31. The van der Waals surface area contributed by atoms with Gasteiger partial charge in [-0.05, 0) is 12.1 Å². The quantitative estimate of drug-likeness (QED) is 0.929. The van der Waals surface area contributed by atoms with Crippen LogP contribution in [0, 0.1) is 0 Å². The van der Waals surface area contributed by atoms with Crippen LogP contribution in [0.3, 0.4) is 0 Å². The number of ether oxygens (including phenoxy) is 3. The molecule has 0 unspecified atom stereocenters. The molecule has 2 heterocycles. The zero-order valence-electron chi connectivity index (χ0n) is 14.1. The van der Waals surface area contributed by atoms with Crippen molar-refractivity contribution in [2.24, 2.45) is 0 Å². The average molecular weight is 308 g/mol. The second-order valence-electron chi connectivity index (χ2n) is 5.20. The van der Waals surface area contributed by atoms with Crippen LogP contribution in [0.5, 0.6) is 5.75 Å². The fraction of sp³-hybridized carbons (Fsp3) is 0.647. The van der Waals surface area contributed by atoms with Gasteiger partial charge in [0.05, 0.1) is 31.7 Å². The van der Waals surface area contributed by atoms with Gasteiger partial charge in [-0.25, -0.2) is 0 Å². The van der Waals surface area contributed by atoms with Gasteiger partial charge >= 0.3 is 0 Å². The van der Waals surface area contributed by atoms with E-state index < -0.39 is 0 Å². The van der Waals surface area contributed by atoms with E-state index in [1.54, 1.807) is 7.11 Å². The molecule has 2 aliphatic heterocycles. The highest BCUT2D eigenvalue weighted by molar-refractivity contribution is 5.72. The lowest BCUT2D eigenvalue weighted by Crippen LogP contribution is -2.45. The maximum atomic E-state index is 5.77. The Labute approximate surface area is 133 Å². The summed E-state index contributed by atoms with van der Waals surface area (Å²) in [5.74, 6) is 0.573. The molecule has 1 spiro atoms. The van der Waals surface area contributed by atoms with E-state index in [-0.39, 0.29) is 5.79 Å². The summed E-state index contributed by atoms with van der Waals surface area (Å²) in [6, 6.07) is 6.18. The monoisotopic (exact) mass is 308 g/mol. The van der Waals surface area contributed by atoms with Crippen molar-refractivity contribution in [2.45, 2.75) is 32.5 Å². The number of hydrogen-bond donors (Lipinski definition) is 1. The number of nitrogens with one attached hydrogen (secondary N) is 1. The molecule has 1 aromatic rings. The van der Waals surface area contributed by atoms with Gasteiger partial charge in [-0.3, -0.25) is 0 Å². The highest BCUT2D eigenvalue weighted by atomic mass is 16.7. The zero-order valence-corrected chi connectivity index (χ0v) is 14.1. The first-order valence-electron chi connectivity index (χ1n) is 8.16. The number of methoxy groups -OCH3 is 1. The van der Waals surface area contributed by atoms with Crippen LogP contribution >= 0.6 is 0 Å². The first-order chi connectivity index (χ1) is 10.8. The number of rotatable bonds is 3. The number of nitrogens with zero attached hydrogens (tertiary/aromatic N) is 1. The van der Waals surface area contributed by atoms with Gasteiger partial charge in [0.25, 0.3) is 0 Å². The predicted molar refractivity (Wildman–Crippen MR) is 90.0 cm³/mol. The lowest BCUT2D eigenvalue weighted by molar-refractivity contribution is -0.169. The van der Waals surface area contributed by atoms with Gasteiger partial charge in [0.2, 0.25) is 0 Å². The Morgan fingerprint density at radius 1 is 1.14 bits per heavy atom. The van der Waals surface area contributed by atoms with Gasteiger partial charge in [-0.2, -0.15) is 0 Å². The van der Waals surface area contributed by atoms with Gasteiger partial charge < -0.3 is 24.4 Å². The van der Waals surface area contributed by atoms with Crippen molar-refractivity contribution >= 4 is 11.4 Å². The van der Waals surface area contributed by atoms with Crippen molar-refractivity contribution in [1.82, 2.24) is 0 Å². The first kappa shape index (κ1) is 16.9. The van der Waals surface area contributed by atoms with Crippen LogP contribution in [-0.2, 0) is 9.47 Å². The van der Waals surface area contributed by atoms with E-state index in [2.05, 4.69) is 22.3 Å². The molecule has 0 aliphatic carbocycles. The predicted octanol–water partition coefficient (Wildman–Crippen LogP) is 3.11. The number of hydrogen-bond acceptors (Lipinski definition) is 5. The summed E-state index contributed by atoms with van der Waals surface area (Å²) < 4.78 is 17.1. The van der Waals surface area contributed by atoms with Crippen LogP contribution in [0.25, 0.3) is 0 Å². The maximum absolute atomic E-state index is 5.77. The lowest BCUT2D eigenvalue weighted by Gasteiger charge is -2.39. The fourth-order valence-corrected chi connectivity index (χ4v) is 3.06. The van der Waals surface area contributed by atoms with E-state index in [1.165, 1.54) is 0 Å². The molecule has 2 saturated heterocycles. The summed E-state index contributed by atoms with van der Waals surface area (Å²) in [6.07, 6.45) is 1.81. The Morgan fingerprint density at radius 3 is 2.32 bits per heavy atom. The van der Waals surface area contributed by atoms with Crippen molar-refractivity contribution < 1.29 is 14.2 Å². The normalized spacial score (nSPS) is 19.5. The largest absolute Gasteiger partial charge is 0.492 e. The molecule has 5 heteroatoms. The lowest BCUT2D eigenvalue weighted by atomic mass is 10.0. The van der Waals surface area contributed by atoms with E-state index in [4.69, 9.17) is 14.2 Å². The Morgan fingerprint density at radius 2 is 1.77 bits per heavy atom. The smallest absolute Gasteiger partial charge is 0.171 e. The van der Waals surface area contributed by atoms with E-state index >= 15 is 0 Å². The topological polar surface area (TPSA) is 43.0 Å². The minimum Gasteiger partial charge on any atom is -0.492 e. The van der Waals surface area contributed by atoms with Crippen molar-refractivity contribution in [3.8, 4) is 5.75 Å². The van der Waals surface area contributed by atoms with Gasteiger partial charge in [0, 0.05) is 33.0 Å². The second-order valence-corrected chi connectivity index (χ2v) is 5.20. The van der Waals surface area contributed by atoms with E-state index in [0.29, 0.717) is 0 Å². The Balaban J connectivity index is 0.000000847. The summed E-state index contributed by atoms with van der Waals surface area (Å²) in [4.78, 5) is 2.34. The van der Waals surface area contributed by atoms with Crippen LogP contribution < -0.4 is 15.0 Å². The van der Waals surface area contributed by atoms with Crippen LogP contribution in [0.15, 0.2) is 18.2 Å². The maximum Gasteiger partial charge on any atom is 0.171 e. The highest BCUT2D eigenvalue weighted by Gasteiger charge is 2.40. The summed E-state index contributed by atoms with van der Waals surface area (Å²) in [5, 5.41) is 3.17. The molecule has 1 aromatic carbocycles. The highest BCUT2D eigenvalue weighted by Crippen LogP contribution is 2.39. The minimum atomic E-state index is -0.329. The Kier molecular flexibility index (Phi) is 5.91. The van der Waals surface area contributed by atoms with Crippen molar-refractivity contribution in [3.05, 3.63) is 18.2 Å². The van der Waals surface area contributed by atoms with E-state index in [9.17, 15) is 0 Å². The fourth-order valence-electron chi connectivity index (χ4n) is 3.06. The van der Waals surface area contributed by atoms with Crippen LogP contribution in [0.2, 0.25) is 0 Å². The number of para-hydroxylation sites is 1. The van der Waals surface area contributed by atoms with Crippen molar-refractivity contribution in [2.75, 3.05) is 50.7 Å². The molecule has 124 valence electrons. The number of piperidine rings is 1. The summed E-state index contributed by atoms with van der Waals surface area (Å²) in [7, 11) is 3.63. The molecular weight excluding hydrogens is 280 g/mol. The molecule has 5 nitrogen and oxygen atoms in total. The molecule has 3 rings (SSSR count). The van der Waals surface area contributed by atoms with Crippen molar-refractivity contribution in [3.63, 3.8) is 0 Å². The Bertz CT molecular complexity index is 463. The zero-order chi connectivity index (χ0) is 16.0. The molecular formula is C17H28N2O3. The van der Waals surface area contributed by atoms with Crippen molar-refractivity contribution in [1.29, 1.82) is 0 Å².